The first kappa shape index (κ1) is 18.2. The summed E-state index contributed by atoms with van der Waals surface area (Å²) in [5.41, 5.74) is 2.47. The summed E-state index contributed by atoms with van der Waals surface area (Å²) in [6, 6.07) is 15.9. The molecule has 1 heterocycles. The van der Waals surface area contributed by atoms with Crippen LogP contribution in [0, 0.1) is 0 Å². The van der Waals surface area contributed by atoms with Crippen LogP contribution >= 0.6 is 11.8 Å². The monoisotopic (exact) mass is 369 g/mol. The minimum Gasteiger partial charge on any atom is -0.394 e. The number of aliphatic imine (C=N–C) groups is 1. The number of carbonyl (C=O) groups is 2. The van der Waals surface area contributed by atoms with Gasteiger partial charge in [0, 0.05) is 11.3 Å². The van der Waals surface area contributed by atoms with Crippen molar-refractivity contribution in [1.82, 2.24) is 10.6 Å². The average Bonchev–Trinajstić information content (AvgIpc) is 3.19. The Hall–Kier alpha value is -2.64. The van der Waals surface area contributed by atoms with E-state index < -0.39 is 24.5 Å². The highest BCUT2D eigenvalue weighted by Crippen LogP contribution is 2.19. The third-order valence-corrected chi connectivity index (χ3v) is 4.77. The van der Waals surface area contributed by atoms with E-state index in [1.807, 2.05) is 42.5 Å². The average molecular weight is 369 g/mol. The summed E-state index contributed by atoms with van der Waals surface area (Å²) < 4.78 is 0. The van der Waals surface area contributed by atoms with Gasteiger partial charge in [0.1, 0.15) is 6.04 Å². The van der Waals surface area contributed by atoms with Crippen molar-refractivity contribution in [2.24, 2.45) is 4.99 Å². The molecule has 7 heteroatoms. The highest BCUT2D eigenvalue weighted by atomic mass is 32.2. The van der Waals surface area contributed by atoms with E-state index >= 15 is 0 Å². The number of hydrogen-bond donors (Lipinski definition) is 3. The van der Waals surface area contributed by atoms with Crippen molar-refractivity contribution < 1.29 is 14.7 Å². The third kappa shape index (κ3) is 4.50. The number of benzene rings is 2. The van der Waals surface area contributed by atoms with Crippen molar-refractivity contribution in [3.8, 4) is 11.1 Å². The van der Waals surface area contributed by atoms with Gasteiger partial charge in [-0.25, -0.2) is 0 Å². The Morgan fingerprint density at radius 2 is 1.77 bits per heavy atom. The predicted molar refractivity (Wildman–Crippen MR) is 103 cm³/mol. The molecule has 2 aromatic carbocycles. The number of nitrogens with one attached hydrogen (secondary N) is 2. The molecule has 3 N–H and O–H groups in total. The molecule has 26 heavy (non-hydrogen) atoms. The number of carbonyl (C=O) groups excluding carboxylic acids is 2. The third-order valence-electron chi connectivity index (χ3n) is 3.87. The molecule has 1 atom stereocenters. The van der Waals surface area contributed by atoms with E-state index in [1.54, 1.807) is 12.1 Å². The first-order valence-electron chi connectivity index (χ1n) is 8.22. The second-order valence-corrected chi connectivity index (χ2v) is 6.76. The van der Waals surface area contributed by atoms with Crippen LogP contribution in [0.1, 0.15) is 10.4 Å². The Morgan fingerprint density at radius 1 is 1.08 bits per heavy atom. The van der Waals surface area contributed by atoms with Gasteiger partial charge < -0.3 is 15.7 Å². The summed E-state index contributed by atoms with van der Waals surface area (Å²) in [5.74, 6) is -0.0748. The molecule has 1 aliphatic heterocycles. The van der Waals surface area contributed by atoms with Crippen LogP contribution < -0.4 is 10.6 Å². The van der Waals surface area contributed by atoms with Gasteiger partial charge in [-0.1, -0.05) is 54.2 Å². The number of aliphatic hydroxyl groups is 1. The van der Waals surface area contributed by atoms with Crippen LogP contribution in [0.5, 0.6) is 0 Å². The first-order chi connectivity index (χ1) is 12.7. The summed E-state index contributed by atoms with van der Waals surface area (Å²) in [5, 5.41) is 15.1. The van der Waals surface area contributed by atoms with Crippen LogP contribution in [0.25, 0.3) is 11.1 Å². The zero-order chi connectivity index (χ0) is 18.4. The lowest BCUT2D eigenvalue weighted by Crippen LogP contribution is -2.49. The fourth-order valence-corrected chi connectivity index (χ4v) is 3.21. The number of hydrogen-bond acceptors (Lipinski definition) is 5. The molecular formula is C19H19N3O3S. The number of thioether (sulfide) groups is 1. The highest BCUT2D eigenvalue weighted by Gasteiger charge is 2.22. The van der Waals surface area contributed by atoms with Crippen molar-refractivity contribution in [3.05, 3.63) is 60.2 Å². The second kappa shape index (κ2) is 8.64. The maximum atomic E-state index is 12.4. The fraction of sp³-hybridized carbons (Fsp3) is 0.211. The van der Waals surface area contributed by atoms with E-state index in [4.69, 9.17) is 0 Å². The number of nitrogens with zero attached hydrogens (tertiary/aromatic N) is 1. The summed E-state index contributed by atoms with van der Waals surface area (Å²) >= 11 is 1.44. The van der Waals surface area contributed by atoms with E-state index in [9.17, 15) is 14.7 Å². The molecule has 3 rings (SSSR count). The smallest absolute Gasteiger partial charge is 0.251 e. The van der Waals surface area contributed by atoms with Crippen LogP contribution in [0.4, 0.5) is 0 Å². The van der Waals surface area contributed by atoms with Crippen molar-refractivity contribution >= 4 is 28.7 Å². The van der Waals surface area contributed by atoms with Gasteiger partial charge >= 0.3 is 0 Å². The normalized spacial score (nSPS) is 14.4. The number of rotatable bonds is 5. The van der Waals surface area contributed by atoms with Gasteiger partial charge in [-0.2, -0.15) is 0 Å². The van der Waals surface area contributed by atoms with Gasteiger partial charge in [0.15, 0.2) is 5.17 Å². The van der Waals surface area contributed by atoms with Crippen LogP contribution in [0.15, 0.2) is 59.6 Å². The molecule has 2 aromatic rings. The summed E-state index contributed by atoms with van der Waals surface area (Å²) in [6.07, 6.45) is 0. The molecule has 0 saturated heterocycles. The van der Waals surface area contributed by atoms with Gasteiger partial charge in [0.25, 0.3) is 11.8 Å². The van der Waals surface area contributed by atoms with E-state index in [0.29, 0.717) is 17.3 Å². The molecule has 0 fully saturated rings. The molecular weight excluding hydrogens is 350 g/mol. The molecule has 1 aliphatic rings. The van der Waals surface area contributed by atoms with E-state index in [-0.39, 0.29) is 0 Å². The fourth-order valence-electron chi connectivity index (χ4n) is 2.48. The standard InChI is InChI=1S/C19H19N3O3S/c23-12-16(18(25)22-19-20-10-11-26-19)21-17(24)15-8-6-14(7-9-15)13-4-2-1-3-5-13/h1-9,16,23H,10-12H2,(H,21,24)(H,20,22,25)/t16-/m0/s1. The van der Waals surface area contributed by atoms with E-state index in [2.05, 4.69) is 15.6 Å². The maximum Gasteiger partial charge on any atom is 0.251 e. The number of aliphatic hydroxyl groups excluding tert-OH is 1. The quantitative estimate of drug-likeness (QED) is 0.748. The predicted octanol–water partition coefficient (Wildman–Crippen LogP) is 1.66. The van der Waals surface area contributed by atoms with Gasteiger partial charge in [0.2, 0.25) is 0 Å². The van der Waals surface area contributed by atoms with Crippen molar-refractivity contribution in [3.63, 3.8) is 0 Å². The topological polar surface area (TPSA) is 90.8 Å². The molecule has 6 nitrogen and oxygen atoms in total. The lowest BCUT2D eigenvalue weighted by molar-refractivity contribution is -0.122. The molecule has 0 bridgehead atoms. The van der Waals surface area contributed by atoms with E-state index in [1.165, 1.54) is 11.8 Å². The molecule has 0 spiro atoms. The molecule has 134 valence electrons. The van der Waals surface area contributed by atoms with Gasteiger partial charge in [-0.15, -0.1) is 0 Å². The molecule has 0 aromatic heterocycles. The Morgan fingerprint density at radius 3 is 2.38 bits per heavy atom. The molecule has 0 radical (unpaired) electrons. The molecule has 0 unspecified atom stereocenters. The van der Waals surface area contributed by atoms with Gasteiger partial charge in [-0.3, -0.25) is 14.6 Å². The minimum absolute atomic E-state index is 0.417. The minimum atomic E-state index is -1.03. The number of amidine groups is 1. The summed E-state index contributed by atoms with van der Waals surface area (Å²) in [6.45, 7) is 0.168. The maximum absolute atomic E-state index is 12.4. The molecule has 0 aliphatic carbocycles. The molecule has 0 saturated carbocycles. The van der Waals surface area contributed by atoms with Crippen molar-refractivity contribution in [2.45, 2.75) is 6.04 Å². The Bertz CT molecular complexity index is 807. The highest BCUT2D eigenvalue weighted by molar-refractivity contribution is 8.14. The Labute approximate surface area is 155 Å². The van der Waals surface area contributed by atoms with Crippen molar-refractivity contribution in [2.75, 3.05) is 18.9 Å². The summed E-state index contributed by atoms with van der Waals surface area (Å²) in [7, 11) is 0. The van der Waals surface area contributed by atoms with E-state index in [0.717, 1.165) is 16.9 Å². The SMILES string of the molecule is O=C(N[C@@H](CO)C(=O)NC1=NCCS1)c1ccc(-c2ccccc2)cc1. The van der Waals surface area contributed by atoms with Gasteiger partial charge in [-0.05, 0) is 23.3 Å². The largest absolute Gasteiger partial charge is 0.394 e. The van der Waals surface area contributed by atoms with Crippen LogP contribution in [0.3, 0.4) is 0 Å². The lowest BCUT2D eigenvalue weighted by atomic mass is 10.0. The Kier molecular flexibility index (Phi) is 6.04. The zero-order valence-electron chi connectivity index (χ0n) is 14.0. The van der Waals surface area contributed by atoms with Crippen molar-refractivity contribution in [1.29, 1.82) is 0 Å². The second-order valence-electron chi connectivity index (χ2n) is 5.68. The van der Waals surface area contributed by atoms with Crippen LogP contribution in [-0.4, -0.2) is 47.0 Å². The summed E-state index contributed by atoms with van der Waals surface area (Å²) in [4.78, 5) is 28.6. The first-order valence-corrected chi connectivity index (χ1v) is 9.21. The number of amides is 2. The van der Waals surface area contributed by atoms with Crippen LogP contribution in [0.2, 0.25) is 0 Å². The molecule has 2 amide bonds. The zero-order valence-corrected chi connectivity index (χ0v) is 14.8. The van der Waals surface area contributed by atoms with Gasteiger partial charge in [0.05, 0.1) is 13.2 Å². The lowest BCUT2D eigenvalue weighted by Gasteiger charge is -2.16. The van der Waals surface area contributed by atoms with Crippen LogP contribution in [-0.2, 0) is 4.79 Å². The Balaban J connectivity index is 1.63.